The van der Waals surface area contributed by atoms with Crippen LogP contribution in [0.4, 0.5) is 5.13 Å². The number of carbonyl (C=O) groups excluding carboxylic acids is 1. The van der Waals surface area contributed by atoms with Crippen molar-refractivity contribution in [1.29, 1.82) is 0 Å². The molecule has 0 atom stereocenters. The summed E-state index contributed by atoms with van der Waals surface area (Å²) in [6.45, 7) is 3.47. The minimum atomic E-state index is 0.0626. The molecule has 0 fully saturated rings. The average Bonchev–Trinajstić information content (AvgIpc) is 3.03. The Morgan fingerprint density at radius 3 is 2.59 bits per heavy atom. The number of aryl methyl sites for hydroxylation is 1. The molecule has 0 aliphatic carbocycles. The van der Waals surface area contributed by atoms with Crippen molar-refractivity contribution >= 4 is 56.0 Å². The first-order chi connectivity index (χ1) is 12.9. The van der Waals surface area contributed by atoms with E-state index in [0.717, 1.165) is 26.8 Å². The highest BCUT2D eigenvalue weighted by Crippen LogP contribution is 2.30. The Morgan fingerprint density at radius 2 is 1.89 bits per heavy atom. The van der Waals surface area contributed by atoms with E-state index in [1.165, 1.54) is 17.3 Å². The Labute approximate surface area is 173 Å². The highest BCUT2D eigenvalue weighted by atomic mass is 35.5. The summed E-state index contributed by atoms with van der Waals surface area (Å²) in [5, 5.41) is 1.46. The molecule has 1 heterocycles. The summed E-state index contributed by atoms with van der Waals surface area (Å²) in [5.41, 5.74) is 2.13. The fourth-order valence-corrected chi connectivity index (χ4v) is 4.52. The lowest BCUT2D eigenvalue weighted by molar-refractivity contribution is -0.116. The van der Waals surface area contributed by atoms with Crippen molar-refractivity contribution in [3.8, 4) is 0 Å². The first kappa shape index (κ1) is 20.1. The van der Waals surface area contributed by atoms with Gasteiger partial charge in [-0.2, -0.15) is 0 Å². The molecule has 0 saturated heterocycles. The van der Waals surface area contributed by atoms with Gasteiger partial charge in [0.25, 0.3) is 0 Å². The van der Waals surface area contributed by atoms with Gasteiger partial charge in [-0.15, -0.1) is 11.8 Å². The zero-order valence-electron chi connectivity index (χ0n) is 15.6. The normalized spacial score (nSPS) is 11.3. The van der Waals surface area contributed by atoms with Crippen molar-refractivity contribution in [2.75, 3.05) is 37.8 Å². The van der Waals surface area contributed by atoms with E-state index in [1.807, 2.05) is 55.4 Å². The topological polar surface area (TPSA) is 36.4 Å². The SMILES string of the molecule is Cc1ccc2nc(N(CCN(C)C)C(=O)CSc3ccc(Cl)cc3)sc2c1. The van der Waals surface area contributed by atoms with Crippen molar-refractivity contribution in [2.45, 2.75) is 11.8 Å². The lowest BCUT2D eigenvalue weighted by Gasteiger charge is -2.21. The number of hydrogen-bond donors (Lipinski definition) is 0. The number of halogens is 1. The Balaban J connectivity index is 1.78. The molecule has 3 rings (SSSR count). The molecule has 7 heteroatoms. The molecular weight excluding hydrogens is 398 g/mol. The molecule has 1 aromatic heterocycles. The molecule has 0 spiro atoms. The highest BCUT2D eigenvalue weighted by molar-refractivity contribution is 8.00. The van der Waals surface area contributed by atoms with Gasteiger partial charge in [-0.1, -0.05) is 29.0 Å². The molecule has 0 radical (unpaired) electrons. The Morgan fingerprint density at radius 1 is 1.15 bits per heavy atom. The number of rotatable bonds is 7. The smallest absolute Gasteiger partial charge is 0.239 e. The van der Waals surface area contributed by atoms with Gasteiger partial charge in [-0.3, -0.25) is 9.69 Å². The Hall–Kier alpha value is -1.60. The van der Waals surface area contributed by atoms with Crippen LogP contribution in [0.25, 0.3) is 10.2 Å². The zero-order chi connectivity index (χ0) is 19.4. The van der Waals surface area contributed by atoms with Crippen LogP contribution in [0.2, 0.25) is 5.02 Å². The maximum absolute atomic E-state index is 13.0. The first-order valence-corrected chi connectivity index (χ1v) is 10.8. The molecule has 27 heavy (non-hydrogen) atoms. The molecule has 0 aliphatic heterocycles. The van der Waals surface area contributed by atoms with Crippen molar-refractivity contribution < 1.29 is 4.79 Å². The van der Waals surface area contributed by atoms with Crippen LogP contribution in [0.1, 0.15) is 5.56 Å². The molecule has 3 aromatic rings. The lowest BCUT2D eigenvalue weighted by atomic mass is 10.2. The third-order valence-electron chi connectivity index (χ3n) is 4.01. The van der Waals surface area contributed by atoms with Crippen molar-refractivity contribution in [2.24, 2.45) is 0 Å². The Kier molecular flexibility index (Phi) is 6.76. The van der Waals surface area contributed by atoms with Gasteiger partial charge in [-0.05, 0) is 63.0 Å². The van der Waals surface area contributed by atoms with Crippen LogP contribution in [0.3, 0.4) is 0 Å². The summed E-state index contributed by atoms with van der Waals surface area (Å²) in [6, 6.07) is 13.7. The van der Waals surface area contributed by atoms with Gasteiger partial charge in [0.15, 0.2) is 5.13 Å². The molecule has 2 aromatic carbocycles. The zero-order valence-corrected chi connectivity index (χ0v) is 18.0. The van der Waals surface area contributed by atoms with E-state index >= 15 is 0 Å². The molecule has 0 unspecified atom stereocenters. The van der Waals surface area contributed by atoms with Crippen LogP contribution < -0.4 is 4.90 Å². The molecule has 1 amide bonds. The number of anilines is 1. The van der Waals surface area contributed by atoms with Crippen LogP contribution in [0.15, 0.2) is 47.4 Å². The molecular formula is C20H22ClN3OS2. The second-order valence-electron chi connectivity index (χ2n) is 6.56. The van der Waals surface area contributed by atoms with E-state index in [9.17, 15) is 4.79 Å². The van der Waals surface area contributed by atoms with Crippen LogP contribution in [0, 0.1) is 6.92 Å². The minimum Gasteiger partial charge on any atom is -0.308 e. The van der Waals surface area contributed by atoms with Gasteiger partial charge in [0.2, 0.25) is 5.91 Å². The van der Waals surface area contributed by atoms with E-state index in [1.54, 1.807) is 11.3 Å². The van der Waals surface area contributed by atoms with Gasteiger partial charge in [0.1, 0.15) is 0 Å². The van der Waals surface area contributed by atoms with E-state index in [4.69, 9.17) is 16.6 Å². The summed E-state index contributed by atoms with van der Waals surface area (Å²) in [5.74, 6) is 0.428. The highest BCUT2D eigenvalue weighted by Gasteiger charge is 2.20. The minimum absolute atomic E-state index is 0.0626. The second-order valence-corrected chi connectivity index (χ2v) is 9.05. The van der Waals surface area contributed by atoms with Crippen LogP contribution in [0.5, 0.6) is 0 Å². The first-order valence-electron chi connectivity index (χ1n) is 8.63. The predicted octanol–water partition coefficient (Wildman–Crippen LogP) is 4.95. The second kappa shape index (κ2) is 9.06. The number of carbonyl (C=O) groups is 1. The maximum Gasteiger partial charge on any atom is 0.239 e. The fourth-order valence-electron chi connectivity index (χ4n) is 2.52. The van der Waals surface area contributed by atoms with E-state index in [2.05, 4.69) is 17.9 Å². The third-order valence-corrected chi connectivity index (χ3v) is 6.30. The van der Waals surface area contributed by atoms with E-state index in [0.29, 0.717) is 17.3 Å². The molecule has 0 aliphatic rings. The molecule has 0 saturated carbocycles. The molecule has 0 bridgehead atoms. The van der Waals surface area contributed by atoms with Crippen LogP contribution in [-0.4, -0.2) is 48.7 Å². The monoisotopic (exact) mass is 419 g/mol. The number of nitrogens with zero attached hydrogens (tertiary/aromatic N) is 3. The van der Waals surface area contributed by atoms with Crippen LogP contribution in [-0.2, 0) is 4.79 Å². The van der Waals surface area contributed by atoms with Gasteiger partial charge in [0, 0.05) is 23.0 Å². The quantitative estimate of drug-likeness (QED) is 0.508. The summed E-state index contributed by atoms with van der Waals surface area (Å²) < 4.78 is 1.11. The Bertz CT molecular complexity index is 925. The van der Waals surface area contributed by atoms with Crippen molar-refractivity contribution in [3.05, 3.63) is 53.1 Å². The number of hydrogen-bond acceptors (Lipinski definition) is 5. The summed E-state index contributed by atoms with van der Waals surface area (Å²) >= 11 is 9.02. The van der Waals surface area contributed by atoms with Gasteiger partial charge in [0.05, 0.1) is 16.0 Å². The van der Waals surface area contributed by atoms with Gasteiger partial charge in [-0.25, -0.2) is 4.98 Å². The number of likely N-dealkylation sites (N-methyl/N-ethyl adjacent to an activating group) is 1. The number of thiazole rings is 1. The summed E-state index contributed by atoms with van der Waals surface area (Å²) in [7, 11) is 4.01. The predicted molar refractivity (Wildman–Crippen MR) is 117 cm³/mol. The lowest BCUT2D eigenvalue weighted by Crippen LogP contribution is -2.37. The standard InChI is InChI=1S/C20H22ClN3OS2/c1-14-4-9-17-18(12-14)27-20(22-17)24(11-10-23(2)3)19(25)13-26-16-7-5-15(21)6-8-16/h4-9,12H,10-11,13H2,1-3H3. The number of benzene rings is 2. The summed E-state index contributed by atoms with van der Waals surface area (Å²) in [4.78, 5) is 22.6. The van der Waals surface area contributed by atoms with Gasteiger partial charge < -0.3 is 4.90 Å². The van der Waals surface area contributed by atoms with Crippen molar-refractivity contribution in [3.63, 3.8) is 0 Å². The molecule has 4 nitrogen and oxygen atoms in total. The molecule has 142 valence electrons. The fraction of sp³-hybridized carbons (Fsp3) is 0.300. The van der Waals surface area contributed by atoms with E-state index < -0.39 is 0 Å². The average molecular weight is 420 g/mol. The maximum atomic E-state index is 13.0. The van der Waals surface area contributed by atoms with Gasteiger partial charge >= 0.3 is 0 Å². The molecule has 0 N–H and O–H groups in total. The number of aromatic nitrogens is 1. The number of fused-ring (bicyclic) bond motifs is 1. The number of amides is 1. The van der Waals surface area contributed by atoms with Crippen LogP contribution >= 0.6 is 34.7 Å². The number of thioether (sulfide) groups is 1. The third kappa shape index (κ3) is 5.45. The van der Waals surface area contributed by atoms with Crippen molar-refractivity contribution in [1.82, 2.24) is 9.88 Å². The summed E-state index contributed by atoms with van der Waals surface area (Å²) in [6.07, 6.45) is 0. The largest absolute Gasteiger partial charge is 0.308 e. The van der Waals surface area contributed by atoms with E-state index in [-0.39, 0.29) is 5.91 Å².